The first-order chi connectivity index (χ1) is 11.1. The van der Waals surface area contributed by atoms with Crippen LogP contribution in [0.3, 0.4) is 0 Å². The van der Waals surface area contributed by atoms with Gasteiger partial charge in [-0.25, -0.2) is 0 Å². The predicted molar refractivity (Wildman–Crippen MR) is 92.9 cm³/mol. The average molecular weight is 315 g/mol. The van der Waals surface area contributed by atoms with Crippen molar-refractivity contribution in [3.05, 3.63) is 35.4 Å². The standard InChI is InChI=1S/C19H29N3O/c1-3-22(2)14-16-6-4-5-15(11-16)13-21-18(23)17-12-19(17)7-9-20-10-8-19/h4-6,11,17,20H,3,7-10,12-14H2,1-2H3,(H,21,23). The predicted octanol–water partition coefficient (Wildman–Crippen LogP) is 2.14. The van der Waals surface area contributed by atoms with E-state index < -0.39 is 0 Å². The van der Waals surface area contributed by atoms with Crippen molar-refractivity contribution in [3.8, 4) is 0 Å². The van der Waals surface area contributed by atoms with Crippen molar-refractivity contribution in [2.75, 3.05) is 26.7 Å². The van der Waals surface area contributed by atoms with Crippen molar-refractivity contribution in [2.45, 2.75) is 39.3 Å². The van der Waals surface area contributed by atoms with Crippen LogP contribution in [0.5, 0.6) is 0 Å². The van der Waals surface area contributed by atoms with Crippen LogP contribution in [0, 0.1) is 11.3 Å². The van der Waals surface area contributed by atoms with E-state index >= 15 is 0 Å². The summed E-state index contributed by atoms with van der Waals surface area (Å²) in [7, 11) is 2.13. The van der Waals surface area contributed by atoms with Gasteiger partial charge in [-0.2, -0.15) is 0 Å². The Balaban J connectivity index is 1.50. The molecule has 1 amide bonds. The summed E-state index contributed by atoms with van der Waals surface area (Å²) in [5.74, 6) is 0.502. The quantitative estimate of drug-likeness (QED) is 0.845. The van der Waals surface area contributed by atoms with Gasteiger partial charge >= 0.3 is 0 Å². The van der Waals surface area contributed by atoms with E-state index in [1.54, 1.807) is 0 Å². The van der Waals surface area contributed by atoms with E-state index in [0.29, 0.717) is 12.0 Å². The molecule has 2 aliphatic rings. The third kappa shape index (κ3) is 3.93. The highest BCUT2D eigenvalue weighted by Crippen LogP contribution is 2.58. The molecule has 1 atom stereocenters. The van der Waals surface area contributed by atoms with Gasteiger partial charge in [0.15, 0.2) is 0 Å². The molecule has 0 aromatic heterocycles. The van der Waals surface area contributed by atoms with Crippen molar-refractivity contribution < 1.29 is 4.79 Å². The molecule has 1 aliphatic heterocycles. The Morgan fingerprint density at radius 1 is 1.35 bits per heavy atom. The number of hydrogen-bond donors (Lipinski definition) is 2. The van der Waals surface area contributed by atoms with E-state index in [0.717, 1.165) is 45.4 Å². The molecular formula is C19H29N3O. The number of amides is 1. The molecule has 2 N–H and O–H groups in total. The first kappa shape index (κ1) is 16.5. The zero-order chi connectivity index (χ0) is 16.3. The maximum Gasteiger partial charge on any atom is 0.223 e. The Hall–Kier alpha value is -1.39. The molecule has 1 unspecified atom stereocenters. The topological polar surface area (TPSA) is 44.4 Å². The molecule has 1 saturated heterocycles. The minimum Gasteiger partial charge on any atom is -0.352 e. The van der Waals surface area contributed by atoms with Crippen LogP contribution in [0.4, 0.5) is 0 Å². The third-order valence-electron chi connectivity index (χ3n) is 5.56. The average Bonchev–Trinajstić information content (AvgIpc) is 3.26. The highest BCUT2D eigenvalue weighted by molar-refractivity contribution is 5.82. The molecule has 1 aromatic carbocycles. The second kappa shape index (κ2) is 7.02. The van der Waals surface area contributed by atoms with Crippen molar-refractivity contribution in [2.24, 2.45) is 11.3 Å². The lowest BCUT2D eigenvalue weighted by molar-refractivity contribution is -0.123. The summed E-state index contributed by atoms with van der Waals surface area (Å²) in [5, 5.41) is 6.54. The normalized spacial score (nSPS) is 22.3. The van der Waals surface area contributed by atoms with Crippen molar-refractivity contribution in [3.63, 3.8) is 0 Å². The third-order valence-corrected chi connectivity index (χ3v) is 5.56. The number of rotatable bonds is 6. The molecule has 0 radical (unpaired) electrons. The first-order valence-electron chi connectivity index (χ1n) is 8.88. The van der Waals surface area contributed by atoms with Gasteiger partial charge in [0, 0.05) is 19.0 Å². The van der Waals surface area contributed by atoms with Crippen LogP contribution in [0.2, 0.25) is 0 Å². The highest BCUT2D eigenvalue weighted by atomic mass is 16.2. The molecule has 3 rings (SSSR count). The van der Waals surface area contributed by atoms with Crippen molar-refractivity contribution >= 4 is 5.91 Å². The monoisotopic (exact) mass is 315 g/mol. The number of nitrogens with zero attached hydrogens (tertiary/aromatic N) is 1. The Morgan fingerprint density at radius 3 is 2.83 bits per heavy atom. The summed E-state index contributed by atoms with van der Waals surface area (Å²) in [6.45, 7) is 6.94. The van der Waals surface area contributed by atoms with Gasteiger partial charge in [-0.3, -0.25) is 4.79 Å². The highest BCUT2D eigenvalue weighted by Gasteiger charge is 2.57. The smallest absolute Gasteiger partial charge is 0.223 e. The van der Waals surface area contributed by atoms with E-state index in [2.05, 4.69) is 53.8 Å². The zero-order valence-corrected chi connectivity index (χ0v) is 14.4. The van der Waals surface area contributed by atoms with E-state index in [9.17, 15) is 4.79 Å². The number of nitrogens with one attached hydrogen (secondary N) is 2. The summed E-state index contributed by atoms with van der Waals surface area (Å²) in [6.07, 6.45) is 3.40. The summed E-state index contributed by atoms with van der Waals surface area (Å²) >= 11 is 0. The van der Waals surface area contributed by atoms with Gasteiger partial charge < -0.3 is 15.5 Å². The van der Waals surface area contributed by atoms with Crippen LogP contribution in [0.25, 0.3) is 0 Å². The van der Waals surface area contributed by atoms with Crippen LogP contribution < -0.4 is 10.6 Å². The summed E-state index contributed by atoms with van der Waals surface area (Å²) in [4.78, 5) is 14.7. The fourth-order valence-corrected chi connectivity index (χ4v) is 3.77. The molecule has 1 spiro atoms. The lowest BCUT2D eigenvalue weighted by Crippen LogP contribution is -2.33. The lowest BCUT2D eigenvalue weighted by atomic mass is 9.92. The molecule has 1 saturated carbocycles. The van der Waals surface area contributed by atoms with Gasteiger partial charge in [0.2, 0.25) is 5.91 Å². The van der Waals surface area contributed by atoms with Crippen molar-refractivity contribution in [1.29, 1.82) is 0 Å². The minimum absolute atomic E-state index is 0.249. The van der Waals surface area contributed by atoms with Crippen LogP contribution in [0.1, 0.15) is 37.3 Å². The number of piperidine rings is 1. The van der Waals surface area contributed by atoms with Gasteiger partial charge in [0.05, 0.1) is 0 Å². The molecular weight excluding hydrogens is 286 g/mol. The number of carbonyl (C=O) groups excluding carboxylic acids is 1. The zero-order valence-electron chi connectivity index (χ0n) is 14.4. The first-order valence-corrected chi connectivity index (χ1v) is 8.88. The molecule has 0 bridgehead atoms. The fourth-order valence-electron chi connectivity index (χ4n) is 3.77. The Morgan fingerprint density at radius 2 is 2.09 bits per heavy atom. The van der Waals surface area contributed by atoms with Gasteiger partial charge in [0.25, 0.3) is 0 Å². The molecule has 1 heterocycles. The van der Waals surface area contributed by atoms with Gasteiger partial charge in [-0.1, -0.05) is 31.2 Å². The van der Waals surface area contributed by atoms with Crippen LogP contribution in [0.15, 0.2) is 24.3 Å². The molecule has 4 nitrogen and oxygen atoms in total. The van der Waals surface area contributed by atoms with Gasteiger partial charge in [-0.05, 0) is 62.5 Å². The molecule has 23 heavy (non-hydrogen) atoms. The lowest BCUT2D eigenvalue weighted by Gasteiger charge is -2.23. The van der Waals surface area contributed by atoms with Crippen molar-refractivity contribution in [1.82, 2.24) is 15.5 Å². The summed E-state index contributed by atoms with van der Waals surface area (Å²) in [5.41, 5.74) is 2.82. The molecule has 4 heteroatoms. The second-order valence-electron chi connectivity index (χ2n) is 7.24. The van der Waals surface area contributed by atoms with E-state index in [4.69, 9.17) is 0 Å². The van der Waals surface area contributed by atoms with E-state index in [1.807, 2.05) is 0 Å². The van der Waals surface area contributed by atoms with E-state index in [-0.39, 0.29) is 11.8 Å². The largest absolute Gasteiger partial charge is 0.352 e. The molecule has 2 fully saturated rings. The summed E-state index contributed by atoms with van der Waals surface area (Å²) in [6, 6.07) is 8.55. The minimum atomic E-state index is 0.249. The molecule has 1 aromatic rings. The van der Waals surface area contributed by atoms with Gasteiger partial charge in [0.1, 0.15) is 0 Å². The molecule has 1 aliphatic carbocycles. The number of carbonyl (C=O) groups is 1. The summed E-state index contributed by atoms with van der Waals surface area (Å²) < 4.78 is 0. The van der Waals surface area contributed by atoms with Crippen LogP contribution in [-0.4, -0.2) is 37.5 Å². The second-order valence-corrected chi connectivity index (χ2v) is 7.24. The maximum atomic E-state index is 12.4. The Labute approximate surface area is 139 Å². The number of benzene rings is 1. The number of hydrogen-bond acceptors (Lipinski definition) is 3. The maximum absolute atomic E-state index is 12.4. The Bertz CT molecular complexity index is 551. The molecule has 126 valence electrons. The van der Waals surface area contributed by atoms with Crippen LogP contribution >= 0.6 is 0 Å². The van der Waals surface area contributed by atoms with Crippen LogP contribution in [-0.2, 0) is 17.9 Å². The Kier molecular flexibility index (Phi) is 5.02. The van der Waals surface area contributed by atoms with E-state index in [1.165, 1.54) is 11.1 Å². The fraction of sp³-hybridized carbons (Fsp3) is 0.632. The SMILES string of the molecule is CCN(C)Cc1cccc(CNC(=O)C2CC23CCNCC3)c1. The van der Waals surface area contributed by atoms with Gasteiger partial charge in [-0.15, -0.1) is 0 Å².